The second-order valence-electron chi connectivity index (χ2n) is 3.32. The van der Waals surface area contributed by atoms with Gasteiger partial charge in [-0.25, -0.2) is 0 Å². The highest BCUT2D eigenvalue weighted by atomic mass is 16.3. The predicted octanol–water partition coefficient (Wildman–Crippen LogP) is 1.62. The molecule has 1 unspecified atom stereocenters. The van der Waals surface area contributed by atoms with Crippen LogP contribution in [0.25, 0.3) is 6.08 Å². The van der Waals surface area contributed by atoms with Crippen molar-refractivity contribution in [1.82, 2.24) is 0 Å². The molecule has 0 bridgehead atoms. The Morgan fingerprint density at radius 3 is 2.43 bits per heavy atom. The summed E-state index contributed by atoms with van der Waals surface area (Å²) in [6, 6.07) is 8.02. The van der Waals surface area contributed by atoms with E-state index in [4.69, 9.17) is 10.2 Å². The van der Waals surface area contributed by atoms with Crippen LogP contribution < -0.4 is 0 Å². The van der Waals surface area contributed by atoms with Crippen LogP contribution in [-0.2, 0) is 6.42 Å². The van der Waals surface area contributed by atoms with E-state index >= 15 is 0 Å². The average molecular weight is 192 g/mol. The molecule has 0 aromatic heterocycles. The van der Waals surface area contributed by atoms with E-state index in [-0.39, 0.29) is 6.61 Å². The summed E-state index contributed by atoms with van der Waals surface area (Å²) in [4.78, 5) is 0. The average Bonchev–Trinajstić information content (AvgIpc) is 2.26. The molecule has 1 aromatic rings. The van der Waals surface area contributed by atoms with E-state index < -0.39 is 6.10 Å². The van der Waals surface area contributed by atoms with Crippen molar-refractivity contribution in [3.05, 3.63) is 42.0 Å². The van der Waals surface area contributed by atoms with Gasteiger partial charge in [-0.05, 0) is 24.0 Å². The highest BCUT2D eigenvalue weighted by Gasteiger charge is 2.01. The molecule has 1 aromatic carbocycles. The third-order valence-corrected chi connectivity index (χ3v) is 2.19. The molecule has 0 amide bonds. The Bertz CT molecular complexity index is 277. The number of aryl methyl sites for hydroxylation is 1. The molecule has 76 valence electrons. The highest BCUT2D eigenvalue weighted by Crippen LogP contribution is 2.08. The molecule has 1 rings (SSSR count). The molecule has 0 aliphatic carbocycles. The Labute approximate surface area is 84.5 Å². The van der Waals surface area contributed by atoms with Crippen LogP contribution in [0.2, 0.25) is 0 Å². The zero-order chi connectivity index (χ0) is 10.4. The van der Waals surface area contributed by atoms with E-state index in [0.29, 0.717) is 6.42 Å². The SMILES string of the molecule is C=Cc1ccc(CCC(O)CO)cc1. The summed E-state index contributed by atoms with van der Waals surface area (Å²) in [6.45, 7) is 3.51. The topological polar surface area (TPSA) is 40.5 Å². The third-order valence-electron chi connectivity index (χ3n) is 2.19. The smallest absolute Gasteiger partial charge is 0.0774 e. The lowest BCUT2D eigenvalue weighted by molar-refractivity contribution is 0.0886. The van der Waals surface area contributed by atoms with Crippen molar-refractivity contribution in [2.45, 2.75) is 18.9 Å². The number of hydrogen-bond donors (Lipinski definition) is 2. The molecule has 0 saturated heterocycles. The van der Waals surface area contributed by atoms with E-state index in [2.05, 4.69) is 6.58 Å². The predicted molar refractivity (Wildman–Crippen MR) is 57.9 cm³/mol. The summed E-state index contributed by atoms with van der Waals surface area (Å²) < 4.78 is 0. The molecule has 1 atom stereocenters. The zero-order valence-electron chi connectivity index (χ0n) is 8.19. The van der Waals surface area contributed by atoms with Crippen LogP contribution in [0.5, 0.6) is 0 Å². The largest absolute Gasteiger partial charge is 0.394 e. The van der Waals surface area contributed by atoms with E-state index in [9.17, 15) is 0 Å². The van der Waals surface area contributed by atoms with Gasteiger partial charge in [0.25, 0.3) is 0 Å². The summed E-state index contributed by atoms with van der Waals surface area (Å²) in [5, 5.41) is 17.8. The molecule has 0 fully saturated rings. The quantitative estimate of drug-likeness (QED) is 0.744. The maximum atomic E-state index is 9.15. The Morgan fingerprint density at radius 2 is 1.93 bits per heavy atom. The van der Waals surface area contributed by atoms with Gasteiger partial charge in [0.05, 0.1) is 12.7 Å². The van der Waals surface area contributed by atoms with Gasteiger partial charge in [0.15, 0.2) is 0 Å². The minimum atomic E-state index is -0.603. The maximum Gasteiger partial charge on any atom is 0.0774 e. The summed E-state index contributed by atoms with van der Waals surface area (Å²) in [6.07, 6.45) is 2.59. The number of hydrogen-bond acceptors (Lipinski definition) is 2. The minimum Gasteiger partial charge on any atom is -0.394 e. The fraction of sp³-hybridized carbons (Fsp3) is 0.333. The van der Waals surface area contributed by atoms with E-state index in [1.165, 1.54) is 5.56 Å². The van der Waals surface area contributed by atoms with Crippen molar-refractivity contribution < 1.29 is 10.2 Å². The molecule has 0 saturated carbocycles. The van der Waals surface area contributed by atoms with Gasteiger partial charge in [0.2, 0.25) is 0 Å². The monoisotopic (exact) mass is 192 g/mol. The van der Waals surface area contributed by atoms with Crippen LogP contribution >= 0.6 is 0 Å². The first kappa shape index (κ1) is 11.0. The van der Waals surface area contributed by atoms with Gasteiger partial charge in [-0.3, -0.25) is 0 Å². The lowest BCUT2D eigenvalue weighted by Gasteiger charge is -2.06. The molecule has 0 spiro atoms. The molecule has 0 aliphatic rings. The summed E-state index contributed by atoms with van der Waals surface area (Å²) in [5.41, 5.74) is 2.26. The Kier molecular flexibility index (Phi) is 4.36. The van der Waals surface area contributed by atoms with Crippen molar-refractivity contribution >= 4 is 6.08 Å². The van der Waals surface area contributed by atoms with Gasteiger partial charge in [0.1, 0.15) is 0 Å². The van der Waals surface area contributed by atoms with E-state index in [1.807, 2.05) is 24.3 Å². The molecule has 0 heterocycles. The number of benzene rings is 1. The molecular weight excluding hydrogens is 176 g/mol. The zero-order valence-corrected chi connectivity index (χ0v) is 8.19. The van der Waals surface area contributed by atoms with E-state index in [0.717, 1.165) is 12.0 Å². The Hall–Kier alpha value is -1.12. The van der Waals surface area contributed by atoms with Crippen molar-refractivity contribution in [2.75, 3.05) is 6.61 Å². The van der Waals surface area contributed by atoms with Gasteiger partial charge < -0.3 is 10.2 Å². The number of aliphatic hydroxyl groups is 2. The van der Waals surface area contributed by atoms with E-state index in [1.54, 1.807) is 6.08 Å². The van der Waals surface area contributed by atoms with Crippen LogP contribution in [0.4, 0.5) is 0 Å². The molecule has 0 aliphatic heterocycles. The van der Waals surface area contributed by atoms with Gasteiger partial charge >= 0.3 is 0 Å². The Balaban J connectivity index is 2.47. The molecule has 2 nitrogen and oxygen atoms in total. The lowest BCUT2D eigenvalue weighted by atomic mass is 10.1. The summed E-state index contributed by atoms with van der Waals surface area (Å²) >= 11 is 0. The van der Waals surface area contributed by atoms with Crippen LogP contribution in [0, 0.1) is 0 Å². The minimum absolute atomic E-state index is 0.162. The van der Waals surface area contributed by atoms with Gasteiger partial charge in [-0.1, -0.05) is 36.9 Å². The van der Waals surface area contributed by atoms with Crippen LogP contribution in [0.15, 0.2) is 30.8 Å². The maximum absolute atomic E-state index is 9.15. The van der Waals surface area contributed by atoms with Crippen LogP contribution in [0.1, 0.15) is 17.5 Å². The first-order valence-corrected chi connectivity index (χ1v) is 4.76. The van der Waals surface area contributed by atoms with Crippen LogP contribution in [-0.4, -0.2) is 22.9 Å². The molecular formula is C12H16O2. The molecule has 0 radical (unpaired) electrons. The van der Waals surface area contributed by atoms with Crippen molar-refractivity contribution in [3.63, 3.8) is 0 Å². The third kappa shape index (κ3) is 3.32. The van der Waals surface area contributed by atoms with Gasteiger partial charge in [-0.2, -0.15) is 0 Å². The second-order valence-corrected chi connectivity index (χ2v) is 3.32. The van der Waals surface area contributed by atoms with Gasteiger partial charge in [0, 0.05) is 0 Å². The highest BCUT2D eigenvalue weighted by molar-refractivity contribution is 5.47. The Morgan fingerprint density at radius 1 is 1.29 bits per heavy atom. The van der Waals surface area contributed by atoms with Gasteiger partial charge in [-0.15, -0.1) is 0 Å². The number of rotatable bonds is 5. The summed E-state index contributed by atoms with van der Waals surface area (Å²) in [5.74, 6) is 0. The van der Waals surface area contributed by atoms with Crippen molar-refractivity contribution in [2.24, 2.45) is 0 Å². The summed E-state index contributed by atoms with van der Waals surface area (Å²) in [7, 11) is 0. The molecule has 2 N–H and O–H groups in total. The first-order valence-electron chi connectivity index (χ1n) is 4.76. The fourth-order valence-electron chi connectivity index (χ4n) is 1.24. The fourth-order valence-corrected chi connectivity index (χ4v) is 1.24. The molecule has 2 heteroatoms. The molecule has 14 heavy (non-hydrogen) atoms. The van der Waals surface area contributed by atoms with Crippen molar-refractivity contribution in [3.8, 4) is 0 Å². The van der Waals surface area contributed by atoms with Crippen molar-refractivity contribution in [1.29, 1.82) is 0 Å². The lowest BCUT2D eigenvalue weighted by Crippen LogP contribution is -2.12. The first-order chi connectivity index (χ1) is 6.76. The normalized spacial score (nSPS) is 12.4. The number of aliphatic hydroxyl groups excluding tert-OH is 2. The second kappa shape index (κ2) is 5.58. The standard InChI is InChI=1S/C12H16O2/c1-2-10-3-5-11(6-4-10)7-8-12(14)9-13/h2-6,12-14H,1,7-9H2. The van der Waals surface area contributed by atoms with Crippen LogP contribution in [0.3, 0.4) is 0 Å².